The van der Waals surface area contributed by atoms with Crippen LogP contribution in [0.5, 0.6) is 17.2 Å². The van der Waals surface area contributed by atoms with Crippen molar-refractivity contribution in [3.05, 3.63) is 72.3 Å². The molecule has 0 aromatic heterocycles. The average Bonchev–Trinajstić information content (AvgIpc) is 2.95. The lowest BCUT2D eigenvalue weighted by Gasteiger charge is -2.23. The van der Waals surface area contributed by atoms with Crippen LogP contribution in [-0.2, 0) is 6.54 Å². The Balaban J connectivity index is 1.57. The fraction of sp³-hybridized carbons (Fsp3) is 0.367. The summed E-state index contributed by atoms with van der Waals surface area (Å²) in [6, 6.07) is 21.7. The molecule has 0 bridgehead atoms. The molecular formula is C30H39N3O4S. The van der Waals surface area contributed by atoms with E-state index in [0.717, 1.165) is 60.6 Å². The Morgan fingerprint density at radius 3 is 2.18 bits per heavy atom. The summed E-state index contributed by atoms with van der Waals surface area (Å²) < 4.78 is 16.5. The molecule has 0 fully saturated rings. The Labute approximate surface area is 230 Å². The van der Waals surface area contributed by atoms with Crippen molar-refractivity contribution < 1.29 is 19.0 Å². The molecule has 3 aromatic carbocycles. The van der Waals surface area contributed by atoms with Crippen LogP contribution in [-0.4, -0.2) is 63.9 Å². The van der Waals surface area contributed by atoms with Crippen LogP contribution in [0.15, 0.2) is 66.7 Å². The van der Waals surface area contributed by atoms with E-state index in [1.807, 2.05) is 78.5 Å². The van der Waals surface area contributed by atoms with Crippen LogP contribution in [0.25, 0.3) is 11.1 Å². The van der Waals surface area contributed by atoms with Gasteiger partial charge in [-0.15, -0.1) is 0 Å². The maximum Gasteiger partial charge on any atom is 0.319 e. The van der Waals surface area contributed by atoms with Crippen molar-refractivity contribution in [2.24, 2.45) is 0 Å². The Hall–Kier alpha value is -3.36. The lowest BCUT2D eigenvalue weighted by atomic mass is 10.0. The summed E-state index contributed by atoms with van der Waals surface area (Å²) in [5, 5.41) is 6.02. The van der Waals surface area contributed by atoms with Gasteiger partial charge in [-0.3, -0.25) is 4.90 Å². The van der Waals surface area contributed by atoms with Crippen molar-refractivity contribution in [2.75, 3.05) is 58.3 Å². The number of nitrogens with one attached hydrogen (secondary N) is 2. The Bertz CT molecular complexity index is 1120. The largest absolute Gasteiger partial charge is 0.493 e. The Morgan fingerprint density at radius 2 is 1.53 bits per heavy atom. The number of thioether (sulfide) groups is 1. The fourth-order valence-electron chi connectivity index (χ4n) is 4.32. The first-order valence-electron chi connectivity index (χ1n) is 12.8. The molecular weight excluding hydrogens is 498 g/mol. The molecule has 0 aliphatic heterocycles. The number of carbonyl (C=O) groups excluding carboxylic acids is 1. The number of benzene rings is 3. The van der Waals surface area contributed by atoms with E-state index >= 15 is 0 Å². The predicted octanol–water partition coefficient (Wildman–Crippen LogP) is 6.15. The molecule has 3 rings (SSSR count). The van der Waals surface area contributed by atoms with Crippen molar-refractivity contribution in [3.63, 3.8) is 0 Å². The van der Waals surface area contributed by atoms with Gasteiger partial charge in [0.05, 0.1) is 27.0 Å². The van der Waals surface area contributed by atoms with E-state index in [0.29, 0.717) is 23.8 Å². The van der Waals surface area contributed by atoms with E-state index in [1.54, 1.807) is 21.3 Å². The van der Waals surface area contributed by atoms with E-state index in [4.69, 9.17) is 14.2 Å². The minimum absolute atomic E-state index is 0.202. The minimum Gasteiger partial charge on any atom is -0.493 e. The highest BCUT2D eigenvalue weighted by atomic mass is 32.2. The normalized spacial score (nSPS) is 10.8. The maximum absolute atomic E-state index is 12.7. The molecule has 0 saturated heterocycles. The summed E-state index contributed by atoms with van der Waals surface area (Å²) in [6.45, 7) is 3.15. The number of ether oxygens (including phenoxy) is 3. The number of anilines is 1. The molecule has 38 heavy (non-hydrogen) atoms. The van der Waals surface area contributed by atoms with Gasteiger partial charge in [0.1, 0.15) is 0 Å². The molecule has 0 saturated carbocycles. The van der Waals surface area contributed by atoms with Gasteiger partial charge in [0.25, 0.3) is 0 Å². The summed E-state index contributed by atoms with van der Waals surface area (Å²) in [4.78, 5) is 15.1. The molecule has 7 nitrogen and oxygen atoms in total. The monoisotopic (exact) mass is 537 g/mol. The van der Waals surface area contributed by atoms with Gasteiger partial charge >= 0.3 is 6.03 Å². The zero-order valence-electron chi connectivity index (χ0n) is 22.8. The maximum atomic E-state index is 12.7. The second-order valence-corrected chi connectivity index (χ2v) is 9.79. The van der Waals surface area contributed by atoms with E-state index in [2.05, 4.69) is 21.8 Å². The van der Waals surface area contributed by atoms with Gasteiger partial charge in [-0.2, -0.15) is 11.8 Å². The van der Waals surface area contributed by atoms with Gasteiger partial charge in [0, 0.05) is 25.2 Å². The van der Waals surface area contributed by atoms with E-state index in [9.17, 15) is 4.79 Å². The molecule has 204 valence electrons. The van der Waals surface area contributed by atoms with Crippen LogP contribution in [0, 0.1) is 0 Å². The van der Waals surface area contributed by atoms with Gasteiger partial charge in [0.2, 0.25) is 5.75 Å². The zero-order valence-corrected chi connectivity index (χ0v) is 23.6. The number of rotatable bonds is 15. The highest BCUT2D eigenvalue weighted by molar-refractivity contribution is 7.98. The van der Waals surface area contributed by atoms with Crippen molar-refractivity contribution in [1.82, 2.24) is 10.2 Å². The predicted molar refractivity (Wildman–Crippen MR) is 158 cm³/mol. The third-order valence-electron chi connectivity index (χ3n) is 6.15. The molecule has 0 atom stereocenters. The van der Waals surface area contributed by atoms with Crippen molar-refractivity contribution >= 4 is 23.5 Å². The van der Waals surface area contributed by atoms with Crippen LogP contribution in [0.4, 0.5) is 10.5 Å². The first-order valence-corrected chi connectivity index (χ1v) is 14.2. The third kappa shape index (κ3) is 8.60. The zero-order chi connectivity index (χ0) is 27.2. The summed E-state index contributed by atoms with van der Waals surface area (Å²) in [5.41, 5.74) is 3.94. The quantitative estimate of drug-likeness (QED) is 0.227. The Morgan fingerprint density at radius 1 is 0.868 bits per heavy atom. The molecule has 2 amide bonds. The standard InChI is InChI=1S/C30H39N3O4S/c1-35-27-20-23(21-28(36-2)29(27)37-3)22-33(18-11-19-38-4)17-10-16-31-30(34)32-26-15-9-8-14-25(26)24-12-6-5-7-13-24/h5-9,12-15,20-21H,10-11,16-19,22H2,1-4H3,(H2,31,32,34). The molecule has 2 N–H and O–H groups in total. The highest BCUT2D eigenvalue weighted by Crippen LogP contribution is 2.38. The van der Waals surface area contributed by atoms with Gasteiger partial charge in [-0.1, -0.05) is 48.5 Å². The number of para-hydroxylation sites is 1. The fourth-order valence-corrected chi connectivity index (χ4v) is 4.74. The highest BCUT2D eigenvalue weighted by Gasteiger charge is 2.15. The second-order valence-electron chi connectivity index (χ2n) is 8.80. The molecule has 0 heterocycles. The van der Waals surface area contributed by atoms with Gasteiger partial charge < -0.3 is 24.8 Å². The number of amides is 2. The van der Waals surface area contributed by atoms with Crippen molar-refractivity contribution in [3.8, 4) is 28.4 Å². The van der Waals surface area contributed by atoms with Crippen LogP contribution in [0.1, 0.15) is 18.4 Å². The lowest BCUT2D eigenvalue weighted by molar-refractivity contribution is 0.246. The number of nitrogens with zero attached hydrogens (tertiary/aromatic N) is 1. The summed E-state index contributed by atoms with van der Waals surface area (Å²) in [7, 11) is 4.87. The van der Waals surface area contributed by atoms with Gasteiger partial charge in [0.15, 0.2) is 11.5 Å². The number of hydrogen-bond donors (Lipinski definition) is 2. The average molecular weight is 538 g/mol. The smallest absolute Gasteiger partial charge is 0.319 e. The van der Waals surface area contributed by atoms with E-state index < -0.39 is 0 Å². The number of carbonyl (C=O) groups is 1. The first-order chi connectivity index (χ1) is 18.6. The molecule has 3 aromatic rings. The van der Waals surface area contributed by atoms with Crippen LogP contribution >= 0.6 is 11.8 Å². The summed E-state index contributed by atoms with van der Waals surface area (Å²) in [6.07, 6.45) is 4.05. The molecule has 0 aliphatic rings. The molecule has 0 unspecified atom stereocenters. The third-order valence-corrected chi connectivity index (χ3v) is 6.85. The van der Waals surface area contributed by atoms with Crippen LogP contribution in [0.2, 0.25) is 0 Å². The molecule has 0 spiro atoms. The van der Waals surface area contributed by atoms with Crippen molar-refractivity contribution in [2.45, 2.75) is 19.4 Å². The summed E-state index contributed by atoms with van der Waals surface area (Å²) in [5.74, 6) is 3.00. The molecule has 0 aliphatic carbocycles. The SMILES string of the molecule is COc1cc(CN(CCCNC(=O)Nc2ccccc2-c2ccccc2)CCCSC)cc(OC)c1OC. The van der Waals surface area contributed by atoms with Crippen molar-refractivity contribution in [1.29, 1.82) is 0 Å². The topological polar surface area (TPSA) is 72.1 Å². The minimum atomic E-state index is -0.202. The number of methoxy groups -OCH3 is 3. The summed E-state index contributed by atoms with van der Waals surface area (Å²) >= 11 is 1.85. The second kappa shape index (κ2) is 15.8. The first kappa shape index (κ1) is 29.2. The van der Waals surface area contributed by atoms with Crippen LogP contribution in [0.3, 0.4) is 0 Å². The number of hydrogen-bond acceptors (Lipinski definition) is 6. The van der Waals surface area contributed by atoms with Gasteiger partial charge in [-0.05, 0) is 60.7 Å². The molecule has 0 radical (unpaired) electrons. The Kier molecular flexibility index (Phi) is 12.1. The molecule has 8 heteroatoms. The number of urea groups is 1. The van der Waals surface area contributed by atoms with Gasteiger partial charge in [-0.25, -0.2) is 4.79 Å². The van der Waals surface area contributed by atoms with Crippen LogP contribution < -0.4 is 24.8 Å². The van der Waals surface area contributed by atoms with E-state index in [-0.39, 0.29) is 6.03 Å². The van der Waals surface area contributed by atoms with E-state index in [1.165, 1.54) is 0 Å². The lowest BCUT2D eigenvalue weighted by Crippen LogP contribution is -2.33.